The van der Waals surface area contributed by atoms with Crippen molar-refractivity contribution in [2.24, 2.45) is 0 Å². The average molecular weight is 643 g/mol. The molecule has 2 aliphatic rings. The van der Waals surface area contributed by atoms with Crippen LogP contribution in [-0.2, 0) is 32.8 Å². The number of esters is 1. The topological polar surface area (TPSA) is 191 Å². The minimum atomic E-state index is -4.28. The van der Waals surface area contributed by atoms with Crippen molar-refractivity contribution in [2.45, 2.75) is 70.5 Å². The number of fused-ring (bicyclic) bond motifs is 3. The van der Waals surface area contributed by atoms with Crippen molar-refractivity contribution in [3.8, 4) is 5.75 Å². The number of nitrogen functional groups attached to an aromatic ring is 1. The maximum Gasteiger partial charge on any atom is 0.459 e. The number of rotatable bonds is 10. The number of carbonyl (C=O) groups excluding carboxylic acids is 1. The number of hydrogen-bond donors (Lipinski definition) is 3. The second-order valence-electron chi connectivity index (χ2n) is 11.5. The van der Waals surface area contributed by atoms with Crippen molar-refractivity contribution in [1.29, 1.82) is 0 Å². The van der Waals surface area contributed by atoms with Crippen LogP contribution in [0.1, 0.15) is 40.8 Å². The Balaban J connectivity index is 1.32. The van der Waals surface area contributed by atoms with Gasteiger partial charge in [-0.05, 0) is 46.1 Å². The predicted octanol–water partition coefficient (Wildman–Crippen LogP) is 3.41. The lowest BCUT2D eigenvalue weighted by molar-refractivity contribution is -0.216. The summed E-state index contributed by atoms with van der Waals surface area (Å²) in [5, 5.41) is 4.26. The lowest BCUT2D eigenvalue weighted by Gasteiger charge is -2.30. The lowest BCUT2D eigenvalue weighted by atomic mass is 9.96. The predicted molar refractivity (Wildman–Crippen MR) is 162 cm³/mol. The van der Waals surface area contributed by atoms with Crippen LogP contribution in [0.3, 0.4) is 0 Å². The first-order valence-corrected chi connectivity index (χ1v) is 16.0. The number of nitrogens with zero attached hydrogens (tertiary/aromatic N) is 3. The van der Waals surface area contributed by atoms with Crippen LogP contribution in [0.2, 0.25) is 0 Å². The van der Waals surface area contributed by atoms with E-state index in [0.29, 0.717) is 5.39 Å². The molecule has 2 aromatic heterocycles. The SMILES string of the molecule is CCOC(=O)[C@H](C)NP(=O)(OC[C@H]1O[C@@H](n2cnc3c(=O)[nH]c(N)nc32)C2(C)OC(C)(C)OC12)Oc1cccc2ccccc12. The maximum absolute atomic E-state index is 14.4. The van der Waals surface area contributed by atoms with E-state index in [2.05, 4.69) is 20.0 Å². The summed E-state index contributed by atoms with van der Waals surface area (Å²) in [6.07, 6.45) is -1.08. The molecule has 0 bridgehead atoms. The summed E-state index contributed by atoms with van der Waals surface area (Å²) >= 11 is 0. The van der Waals surface area contributed by atoms with Gasteiger partial charge in [0.2, 0.25) is 5.95 Å². The van der Waals surface area contributed by atoms with Gasteiger partial charge in [-0.15, -0.1) is 0 Å². The average Bonchev–Trinajstić information content (AvgIpc) is 3.58. The highest BCUT2D eigenvalue weighted by Crippen LogP contribution is 2.53. The Labute approximate surface area is 257 Å². The zero-order valence-corrected chi connectivity index (χ0v) is 26.3. The van der Waals surface area contributed by atoms with Crippen LogP contribution >= 0.6 is 7.75 Å². The van der Waals surface area contributed by atoms with Gasteiger partial charge in [0.15, 0.2) is 23.2 Å². The number of hydrogen-bond acceptors (Lipinski definition) is 12. The molecule has 4 aromatic rings. The highest BCUT2D eigenvalue weighted by Gasteiger charge is 2.64. The molecule has 6 rings (SSSR count). The molecule has 3 unspecified atom stereocenters. The first kappa shape index (κ1) is 31.1. The van der Waals surface area contributed by atoms with Gasteiger partial charge in [0.25, 0.3) is 5.56 Å². The number of anilines is 1. The third-order valence-electron chi connectivity index (χ3n) is 7.65. The maximum atomic E-state index is 14.4. The van der Waals surface area contributed by atoms with Crippen LogP contribution in [0.25, 0.3) is 21.9 Å². The van der Waals surface area contributed by atoms with Crippen LogP contribution in [0, 0.1) is 0 Å². The third-order valence-corrected chi connectivity index (χ3v) is 9.27. The number of ether oxygens (including phenoxy) is 4. The van der Waals surface area contributed by atoms with Gasteiger partial charge in [0, 0.05) is 5.39 Å². The van der Waals surface area contributed by atoms with E-state index in [4.69, 9.17) is 33.7 Å². The molecular formula is C29H35N6O9P. The number of carbonyl (C=O) groups is 1. The van der Waals surface area contributed by atoms with Crippen molar-refractivity contribution in [2.75, 3.05) is 18.9 Å². The molecule has 6 atom stereocenters. The Morgan fingerprint density at radius 3 is 2.76 bits per heavy atom. The summed E-state index contributed by atoms with van der Waals surface area (Å²) in [6, 6.07) is 11.7. The molecule has 15 nitrogen and oxygen atoms in total. The van der Waals surface area contributed by atoms with E-state index in [1.807, 2.05) is 30.3 Å². The summed E-state index contributed by atoms with van der Waals surface area (Å²) in [4.78, 5) is 35.9. The molecular weight excluding hydrogens is 607 g/mol. The van der Waals surface area contributed by atoms with Crippen molar-refractivity contribution < 1.29 is 37.4 Å². The fourth-order valence-corrected chi connectivity index (χ4v) is 7.37. The van der Waals surface area contributed by atoms with Gasteiger partial charge in [-0.2, -0.15) is 10.1 Å². The van der Waals surface area contributed by atoms with Gasteiger partial charge in [0.1, 0.15) is 29.6 Å². The van der Waals surface area contributed by atoms with Gasteiger partial charge >= 0.3 is 13.7 Å². The van der Waals surface area contributed by atoms with Crippen molar-refractivity contribution in [3.05, 3.63) is 59.1 Å². The number of nitrogens with one attached hydrogen (secondary N) is 2. The van der Waals surface area contributed by atoms with Crippen LogP contribution in [0.4, 0.5) is 5.95 Å². The molecule has 0 saturated carbocycles. The fourth-order valence-electron chi connectivity index (χ4n) is 5.85. The van der Waals surface area contributed by atoms with Crippen molar-refractivity contribution in [3.63, 3.8) is 0 Å². The minimum absolute atomic E-state index is 0.0657. The van der Waals surface area contributed by atoms with Crippen LogP contribution in [0.5, 0.6) is 5.75 Å². The quantitative estimate of drug-likeness (QED) is 0.169. The van der Waals surface area contributed by atoms with Crippen LogP contribution in [0.15, 0.2) is 53.6 Å². The Morgan fingerprint density at radius 2 is 1.98 bits per heavy atom. The number of benzene rings is 2. The molecule has 45 heavy (non-hydrogen) atoms. The van der Waals surface area contributed by atoms with Crippen LogP contribution in [-0.4, -0.2) is 68.3 Å². The molecule has 0 radical (unpaired) electrons. The highest BCUT2D eigenvalue weighted by molar-refractivity contribution is 7.52. The first-order chi connectivity index (χ1) is 21.3. The zero-order valence-electron chi connectivity index (χ0n) is 25.4. The van der Waals surface area contributed by atoms with E-state index in [0.717, 1.165) is 5.39 Å². The molecule has 240 valence electrons. The molecule has 16 heteroatoms. The molecule has 2 saturated heterocycles. The number of imidazole rings is 1. The molecule has 2 aliphatic heterocycles. The van der Waals surface area contributed by atoms with E-state index in [-0.39, 0.29) is 36.1 Å². The number of H-pyrrole nitrogens is 1. The Morgan fingerprint density at radius 1 is 1.22 bits per heavy atom. The Kier molecular flexibility index (Phi) is 7.96. The molecule has 4 N–H and O–H groups in total. The second-order valence-corrected chi connectivity index (χ2v) is 13.2. The smallest absolute Gasteiger partial charge is 0.459 e. The summed E-state index contributed by atoms with van der Waals surface area (Å²) in [5.41, 5.74) is 4.44. The standard InChI is InChI=1S/C29H35N6O9P/c1-6-39-25(37)16(2)34-45(38,43-19-13-9-11-17-10-7-8-12-18(17)19)40-14-20-22-29(5,44-28(3,4)42-22)26(41-20)35-15-31-21-23(35)32-27(30)33-24(21)36/h7-13,15-16,20,22,26H,6,14H2,1-5H3,(H,34,38)(H3,30,32,33,36)/t16-,20+,22?,26+,29?,45?/m0/s1. The highest BCUT2D eigenvalue weighted by atomic mass is 31.2. The van der Waals surface area contributed by atoms with Crippen molar-refractivity contribution in [1.82, 2.24) is 24.6 Å². The molecule has 2 fully saturated rings. The van der Waals surface area contributed by atoms with E-state index in [1.165, 1.54) is 13.3 Å². The largest absolute Gasteiger partial charge is 0.465 e. The van der Waals surface area contributed by atoms with Gasteiger partial charge in [0.05, 0.1) is 19.5 Å². The number of nitrogens with two attached hydrogens (primary N) is 1. The van der Waals surface area contributed by atoms with Gasteiger partial charge in [-0.1, -0.05) is 36.4 Å². The molecule has 0 spiro atoms. The second kappa shape index (κ2) is 11.5. The van der Waals surface area contributed by atoms with Gasteiger partial charge < -0.3 is 29.2 Å². The summed E-state index contributed by atoms with van der Waals surface area (Å²) in [5.74, 6) is -1.46. The number of aromatic nitrogens is 4. The molecule has 2 aromatic carbocycles. The van der Waals surface area contributed by atoms with E-state index in [1.54, 1.807) is 44.4 Å². The molecule has 0 amide bonds. The summed E-state index contributed by atoms with van der Waals surface area (Å²) in [6.45, 7) is 8.33. The van der Waals surface area contributed by atoms with Crippen molar-refractivity contribution >= 4 is 41.6 Å². The molecule has 0 aliphatic carbocycles. The Bertz CT molecular complexity index is 1860. The van der Waals surface area contributed by atoms with E-state index < -0.39 is 55.1 Å². The van der Waals surface area contributed by atoms with Gasteiger partial charge in [-0.3, -0.25) is 23.7 Å². The zero-order chi connectivity index (χ0) is 32.1. The number of aromatic amines is 1. The van der Waals surface area contributed by atoms with E-state index >= 15 is 0 Å². The molecule has 4 heterocycles. The Hall–Kier alpha value is -3.85. The van der Waals surface area contributed by atoms with Crippen LogP contribution < -0.4 is 20.9 Å². The normalized spacial score (nSPS) is 26.0. The summed E-state index contributed by atoms with van der Waals surface area (Å²) in [7, 11) is -4.28. The third kappa shape index (κ3) is 5.83. The van der Waals surface area contributed by atoms with E-state index in [9.17, 15) is 14.2 Å². The monoisotopic (exact) mass is 642 g/mol. The lowest BCUT2D eigenvalue weighted by Crippen LogP contribution is -2.42. The fraction of sp³-hybridized carbons (Fsp3) is 0.448. The summed E-state index contributed by atoms with van der Waals surface area (Å²) < 4.78 is 52.2. The van der Waals surface area contributed by atoms with Gasteiger partial charge in [-0.25, -0.2) is 9.55 Å². The first-order valence-electron chi connectivity index (χ1n) is 14.4. The minimum Gasteiger partial charge on any atom is -0.465 e.